The van der Waals surface area contributed by atoms with Gasteiger partial charge < -0.3 is 25.6 Å². The molecule has 0 atom stereocenters. The highest BCUT2D eigenvalue weighted by Gasteiger charge is 2.17. The number of primary amides is 1. The molecular weight excluding hydrogens is 404 g/mol. The Morgan fingerprint density at radius 1 is 1.03 bits per heavy atom. The Morgan fingerprint density at radius 3 is 2.38 bits per heavy atom. The van der Waals surface area contributed by atoms with Gasteiger partial charge in [-0.25, -0.2) is 0 Å². The molecule has 1 aliphatic heterocycles. The number of nitrogens with two attached hydrogens (primary N) is 1. The highest BCUT2D eigenvalue weighted by Crippen LogP contribution is 2.31. The second-order valence-corrected chi connectivity index (χ2v) is 8.09. The lowest BCUT2D eigenvalue weighted by molar-refractivity contribution is -0.136. The van der Waals surface area contributed by atoms with Crippen molar-refractivity contribution in [2.45, 2.75) is 19.8 Å². The second kappa shape index (κ2) is 9.28. The summed E-state index contributed by atoms with van der Waals surface area (Å²) < 4.78 is 2.09. The van der Waals surface area contributed by atoms with E-state index in [9.17, 15) is 14.7 Å². The predicted molar refractivity (Wildman–Crippen MR) is 125 cm³/mol. The number of anilines is 1. The molecule has 7 nitrogen and oxygen atoms in total. The number of amides is 1. The number of rotatable bonds is 7. The van der Waals surface area contributed by atoms with Crippen molar-refractivity contribution in [2.24, 2.45) is 5.73 Å². The molecule has 1 amide bonds. The number of piperazine rings is 1. The summed E-state index contributed by atoms with van der Waals surface area (Å²) in [5, 5.41) is 12.6. The van der Waals surface area contributed by atoms with Crippen molar-refractivity contribution in [3.63, 3.8) is 0 Å². The van der Waals surface area contributed by atoms with Gasteiger partial charge in [0, 0.05) is 48.8 Å². The number of hydrogen-bond donors (Lipinski definition) is 3. The SMILES string of the molecule is Cc1cc(C(N)=O)ccc1-n1c(CCC(=O)O)ccc1-c1ccc(N2CCNCC2)cc1. The van der Waals surface area contributed by atoms with Gasteiger partial charge in [-0.1, -0.05) is 12.1 Å². The lowest BCUT2D eigenvalue weighted by Gasteiger charge is -2.29. The van der Waals surface area contributed by atoms with Crippen LogP contribution in [0.5, 0.6) is 0 Å². The van der Waals surface area contributed by atoms with E-state index in [1.54, 1.807) is 12.1 Å². The number of hydrogen-bond acceptors (Lipinski definition) is 4. The molecule has 2 aromatic carbocycles. The largest absolute Gasteiger partial charge is 0.481 e. The second-order valence-electron chi connectivity index (χ2n) is 8.09. The van der Waals surface area contributed by atoms with Gasteiger partial charge in [-0.3, -0.25) is 9.59 Å². The summed E-state index contributed by atoms with van der Waals surface area (Å²) in [5.41, 5.74) is 11.8. The van der Waals surface area contributed by atoms with Crippen LogP contribution in [0.15, 0.2) is 54.6 Å². The third-order valence-corrected chi connectivity index (χ3v) is 5.92. The quantitative estimate of drug-likeness (QED) is 0.533. The predicted octanol–water partition coefficient (Wildman–Crippen LogP) is 2.98. The van der Waals surface area contributed by atoms with Gasteiger partial charge in [0.1, 0.15) is 0 Å². The average Bonchev–Trinajstić information content (AvgIpc) is 3.22. The fraction of sp³-hybridized carbons (Fsp3) is 0.280. The first-order chi connectivity index (χ1) is 15.4. The maximum absolute atomic E-state index is 11.6. The van der Waals surface area contributed by atoms with Crippen molar-refractivity contribution in [2.75, 3.05) is 31.1 Å². The van der Waals surface area contributed by atoms with E-state index < -0.39 is 11.9 Å². The maximum Gasteiger partial charge on any atom is 0.303 e. The molecule has 1 aromatic heterocycles. The Kier molecular flexibility index (Phi) is 6.28. The maximum atomic E-state index is 11.6. The van der Waals surface area contributed by atoms with E-state index >= 15 is 0 Å². The monoisotopic (exact) mass is 432 g/mol. The van der Waals surface area contributed by atoms with E-state index in [1.807, 2.05) is 25.1 Å². The molecule has 0 bridgehead atoms. The molecule has 0 radical (unpaired) electrons. The van der Waals surface area contributed by atoms with E-state index in [4.69, 9.17) is 5.73 Å². The average molecular weight is 433 g/mol. The van der Waals surface area contributed by atoms with E-state index in [1.165, 1.54) is 5.69 Å². The van der Waals surface area contributed by atoms with Crippen molar-refractivity contribution < 1.29 is 14.7 Å². The van der Waals surface area contributed by atoms with Crippen molar-refractivity contribution in [1.82, 2.24) is 9.88 Å². The van der Waals surface area contributed by atoms with Gasteiger partial charge in [-0.05, 0) is 66.9 Å². The van der Waals surface area contributed by atoms with Crippen molar-refractivity contribution >= 4 is 17.6 Å². The highest BCUT2D eigenvalue weighted by atomic mass is 16.4. The number of carbonyl (C=O) groups excluding carboxylic acids is 1. The molecule has 2 heterocycles. The summed E-state index contributed by atoms with van der Waals surface area (Å²) in [7, 11) is 0. The lowest BCUT2D eigenvalue weighted by atomic mass is 10.1. The number of carboxylic acid groups (broad SMARTS) is 1. The molecular formula is C25H28N4O3. The molecule has 0 spiro atoms. The molecule has 4 N–H and O–H groups in total. The minimum absolute atomic E-state index is 0.0454. The molecule has 32 heavy (non-hydrogen) atoms. The third kappa shape index (κ3) is 4.53. The zero-order chi connectivity index (χ0) is 22.7. The van der Waals surface area contributed by atoms with Crippen molar-refractivity contribution in [3.05, 3.63) is 71.4 Å². The standard InChI is InChI=1S/C25H28N4O3/c1-17-16-19(25(26)32)4-9-22(17)29-21(8-11-24(30)31)7-10-23(29)18-2-5-20(6-3-18)28-14-12-27-13-15-28/h2-7,9-10,16,27H,8,11-15H2,1H3,(H2,26,32)(H,30,31). The van der Waals surface area contributed by atoms with E-state index in [0.717, 1.165) is 54.4 Å². The molecule has 166 valence electrons. The van der Waals surface area contributed by atoms with Crippen LogP contribution >= 0.6 is 0 Å². The summed E-state index contributed by atoms with van der Waals surface area (Å²) in [5.74, 6) is -1.30. The molecule has 7 heteroatoms. The molecule has 0 saturated carbocycles. The van der Waals surface area contributed by atoms with Gasteiger partial charge >= 0.3 is 5.97 Å². The van der Waals surface area contributed by atoms with Gasteiger partial charge in [0.05, 0.1) is 12.1 Å². The fourth-order valence-electron chi connectivity index (χ4n) is 4.24. The first-order valence-electron chi connectivity index (χ1n) is 10.8. The van der Waals surface area contributed by atoms with Crippen molar-refractivity contribution in [1.29, 1.82) is 0 Å². The highest BCUT2D eigenvalue weighted by molar-refractivity contribution is 5.93. The number of carbonyl (C=O) groups is 2. The Hall–Kier alpha value is -3.58. The number of nitrogens with zero attached hydrogens (tertiary/aromatic N) is 2. The number of nitrogens with one attached hydrogen (secondary N) is 1. The van der Waals surface area contributed by atoms with Crippen LogP contribution in [0.4, 0.5) is 5.69 Å². The molecule has 1 saturated heterocycles. The minimum atomic E-state index is -0.833. The minimum Gasteiger partial charge on any atom is -0.481 e. The van der Waals surface area contributed by atoms with Crippen LogP contribution in [0.2, 0.25) is 0 Å². The van der Waals surface area contributed by atoms with Gasteiger partial charge in [-0.15, -0.1) is 0 Å². The molecule has 1 fully saturated rings. The third-order valence-electron chi connectivity index (χ3n) is 5.92. The molecule has 0 unspecified atom stereocenters. The normalized spacial score (nSPS) is 13.8. The molecule has 1 aliphatic rings. The topological polar surface area (TPSA) is 101 Å². The summed E-state index contributed by atoms with van der Waals surface area (Å²) in [4.78, 5) is 25.2. The van der Waals surface area contributed by atoms with E-state index in [-0.39, 0.29) is 6.42 Å². The Bertz CT molecular complexity index is 1130. The summed E-state index contributed by atoms with van der Waals surface area (Å²) in [6.07, 6.45) is 0.453. The van der Waals surface area contributed by atoms with E-state index in [2.05, 4.69) is 39.0 Å². The molecule has 4 rings (SSSR count). The van der Waals surface area contributed by atoms with Gasteiger partial charge in [0.2, 0.25) is 5.91 Å². The summed E-state index contributed by atoms with van der Waals surface area (Å²) in [6.45, 7) is 5.87. The van der Waals surface area contributed by atoms with Crippen LogP contribution in [0.25, 0.3) is 16.9 Å². The zero-order valence-corrected chi connectivity index (χ0v) is 18.2. The number of aryl methyl sites for hydroxylation is 2. The first-order valence-corrected chi connectivity index (χ1v) is 10.8. The van der Waals surface area contributed by atoms with Crippen LogP contribution in [0.1, 0.15) is 28.0 Å². The first kappa shape index (κ1) is 21.6. The smallest absolute Gasteiger partial charge is 0.303 e. The van der Waals surface area contributed by atoms with Crippen LogP contribution < -0.4 is 16.0 Å². The zero-order valence-electron chi connectivity index (χ0n) is 18.2. The van der Waals surface area contributed by atoms with Gasteiger partial charge in [0.15, 0.2) is 0 Å². The molecule has 0 aliphatic carbocycles. The van der Waals surface area contributed by atoms with Crippen LogP contribution in [-0.2, 0) is 11.2 Å². The summed E-state index contributed by atoms with van der Waals surface area (Å²) >= 11 is 0. The Balaban J connectivity index is 1.74. The fourth-order valence-corrected chi connectivity index (χ4v) is 4.24. The summed E-state index contributed by atoms with van der Waals surface area (Å²) in [6, 6.07) is 17.9. The van der Waals surface area contributed by atoms with Crippen LogP contribution in [0, 0.1) is 6.92 Å². The Labute approximate surface area is 187 Å². The van der Waals surface area contributed by atoms with Crippen LogP contribution in [-0.4, -0.2) is 47.7 Å². The van der Waals surface area contributed by atoms with E-state index in [0.29, 0.717) is 12.0 Å². The molecule has 3 aromatic rings. The van der Waals surface area contributed by atoms with Gasteiger partial charge in [-0.2, -0.15) is 0 Å². The Morgan fingerprint density at radius 2 is 1.75 bits per heavy atom. The lowest BCUT2D eigenvalue weighted by Crippen LogP contribution is -2.43. The van der Waals surface area contributed by atoms with Crippen molar-refractivity contribution in [3.8, 4) is 16.9 Å². The number of aromatic nitrogens is 1. The number of carboxylic acids is 1. The van der Waals surface area contributed by atoms with Crippen LogP contribution in [0.3, 0.4) is 0 Å². The number of benzene rings is 2. The number of aliphatic carboxylic acids is 1. The van der Waals surface area contributed by atoms with Gasteiger partial charge in [0.25, 0.3) is 0 Å².